The summed E-state index contributed by atoms with van der Waals surface area (Å²) in [6, 6.07) is 5.56. The van der Waals surface area contributed by atoms with E-state index in [1.165, 1.54) is 24.3 Å². The van der Waals surface area contributed by atoms with Gasteiger partial charge in [-0.2, -0.15) is 13.2 Å². The summed E-state index contributed by atoms with van der Waals surface area (Å²) in [5.74, 6) is -1.93. The fourth-order valence-electron chi connectivity index (χ4n) is 1.38. The molecule has 0 unspecified atom stereocenters. The van der Waals surface area contributed by atoms with Crippen LogP contribution in [0.25, 0.3) is 11.4 Å². The first-order chi connectivity index (χ1) is 8.79. The fraction of sp³-hybridized carbons (Fsp3) is 0.100. The number of benzene rings is 1. The minimum atomic E-state index is -4.82. The molecule has 0 aliphatic heterocycles. The number of aromatic nitrogens is 3. The van der Waals surface area contributed by atoms with Gasteiger partial charge in [-0.1, -0.05) is 0 Å². The largest absolute Gasteiger partial charge is 0.463 e. The first-order valence-corrected chi connectivity index (χ1v) is 4.92. The lowest BCUT2D eigenvalue weighted by molar-refractivity contribution is -0.144. The van der Waals surface area contributed by atoms with Gasteiger partial charge in [-0.25, -0.2) is 9.78 Å². The molecule has 6 nitrogen and oxygen atoms in total. The maximum absolute atomic E-state index is 12.5. The zero-order chi connectivity index (χ0) is 14.2. The van der Waals surface area contributed by atoms with Gasteiger partial charge in [0.25, 0.3) is 5.82 Å². The van der Waals surface area contributed by atoms with Crippen LogP contribution < -0.4 is 5.73 Å². The molecule has 100 valence electrons. The van der Waals surface area contributed by atoms with Gasteiger partial charge in [0.1, 0.15) is 0 Å². The van der Waals surface area contributed by atoms with Crippen LogP contribution in [-0.2, 0) is 6.18 Å². The van der Waals surface area contributed by atoms with E-state index >= 15 is 0 Å². The standard InChI is InChI=1S/C10H7F3N4O2/c11-10(12,13)8-15-7(17(16-8)9(18)19)5-1-3-6(14)4-2-5/h1-4H,14H2,(H,18,19). The van der Waals surface area contributed by atoms with E-state index in [0.29, 0.717) is 5.69 Å². The van der Waals surface area contributed by atoms with Crippen molar-refractivity contribution in [2.24, 2.45) is 0 Å². The molecule has 0 saturated heterocycles. The summed E-state index contributed by atoms with van der Waals surface area (Å²) in [5, 5.41) is 11.8. The number of carbonyl (C=O) groups is 1. The van der Waals surface area contributed by atoms with Crippen molar-refractivity contribution in [1.29, 1.82) is 0 Å². The smallest absolute Gasteiger partial charge is 0.453 e. The molecular weight excluding hydrogens is 265 g/mol. The predicted molar refractivity (Wildman–Crippen MR) is 58.3 cm³/mol. The van der Waals surface area contributed by atoms with Gasteiger partial charge in [-0.15, -0.1) is 9.78 Å². The lowest BCUT2D eigenvalue weighted by atomic mass is 10.2. The molecule has 0 fully saturated rings. The topological polar surface area (TPSA) is 94.0 Å². The van der Waals surface area contributed by atoms with E-state index in [9.17, 15) is 18.0 Å². The SMILES string of the molecule is Nc1ccc(-c2nc(C(F)(F)F)nn2C(=O)O)cc1. The molecule has 2 aromatic rings. The van der Waals surface area contributed by atoms with Crippen LogP contribution in [0.15, 0.2) is 24.3 Å². The van der Waals surface area contributed by atoms with E-state index in [1.54, 1.807) is 0 Å². The Bertz CT molecular complexity index is 619. The second-order valence-electron chi connectivity index (χ2n) is 3.57. The predicted octanol–water partition coefficient (Wildman–Crippen LogP) is 2.07. The molecule has 1 aromatic heterocycles. The number of nitrogen functional groups attached to an aromatic ring is 1. The maximum atomic E-state index is 12.5. The molecule has 0 radical (unpaired) electrons. The Morgan fingerprint density at radius 2 is 1.84 bits per heavy atom. The van der Waals surface area contributed by atoms with Crippen molar-refractivity contribution in [3.63, 3.8) is 0 Å². The van der Waals surface area contributed by atoms with Crippen LogP contribution in [0.4, 0.5) is 23.7 Å². The maximum Gasteiger partial charge on any atom is 0.453 e. The van der Waals surface area contributed by atoms with Crippen molar-refractivity contribution in [3.8, 4) is 11.4 Å². The molecule has 0 atom stereocenters. The highest BCUT2D eigenvalue weighted by atomic mass is 19.4. The van der Waals surface area contributed by atoms with Gasteiger partial charge in [-0.05, 0) is 24.3 Å². The molecule has 0 amide bonds. The third kappa shape index (κ3) is 2.49. The summed E-state index contributed by atoms with van der Waals surface area (Å²) < 4.78 is 37.6. The Morgan fingerprint density at radius 3 is 2.32 bits per heavy atom. The highest BCUT2D eigenvalue weighted by Gasteiger charge is 2.38. The van der Waals surface area contributed by atoms with Gasteiger partial charge in [-0.3, -0.25) is 0 Å². The quantitative estimate of drug-likeness (QED) is 0.775. The van der Waals surface area contributed by atoms with Crippen LogP contribution in [-0.4, -0.2) is 26.0 Å². The summed E-state index contributed by atoms with van der Waals surface area (Å²) in [7, 11) is 0. The number of alkyl halides is 3. The molecule has 0 aliphatic carbocycles. The normalized spacial score (nSPS) is 11.5. The zero-order valence-electron chi connectivity index (χ0n) is 9.22. The van der Waals surface area contributed by atoms with Crippen molar-refractivity contribution in [3.05, 3.63) is 30.1 Å². The van der Waals surface area contributed by atoms with E-state index in [-0.39, 0.29) is 10.2 Å². The molecule has 0 bridgehead atoms. The average Bonchev–Trinajstić information content (AvgIpc) is 2.74. The van der Waals surface area contributed by atoms with Crippen molar-refractivity contribution in [2.45, 2.75) is 6.18 Å². The third-order valence-electron chi connectivity index (χ3n) is 2.21. The molecule has 9 heteroatoms. The molecule has 0 aliphatic rings. The second kappa shape index (κ2) is 4.26. The molecule has 0 spiro atoms. The van der Waals surface area contributed by atoms with Crippen LogP contribution in [0.5, 0.6) is 0 Å². The molecule has 2 rings (SSSR count). The average molecular weight is 272 g/mol. The van der Waals surface area contributed by atoms with E-state index in [0.717, 1.165) is 0 Å². The number of nitrogens with zero attached hydrogens (tertiary/aromatic N) is 3. The van der Waals surface area contributed by atoms with Crippen molar-refractivity contribution < 1.29 is 23.1 Å². The molecule has 19 heavy (non-hydrogen) atoms. The van der Waals surface area contributed by atoms with Gasteiger partial charge >= 0.3 is 12.3 Å². The van der Waals surface area contributed by atoms with Gasteiger partial charge < -0.3 is 10.8 Å². The number of nitrogens with two attached hydrogens (primary N) is 1. The minimum absolute atomic E-state index is 0.166. The minimum Gasteiger partial charge on any atom is -0.463 e. The lowest BCUT2D eigenvalue weighted by Crippen LogP contribution is -2.13. The van der Waals surface area contributed by atoms with Gasteiger partial charge in [0.05, 0.1) is 0 Å². The van der Waals surface area contributed by atoms with Crippen LogP contribution >= 0.6 is 0 Å². The zero-order valence-corrected chi connectivity index (χ0v) is 9.22. The molecular formula is C10H7F3N4O2. The van der Waals surface area contributed by atoms with Crippen molar-refractivity contribution in [1.82, 2.24) is 14.8 Å². The number of hydrogen-bond acceptors (Lipinski definition) is 4. The van der Waals surface area contributed by atoms with Crippen molar-refractivity contribution in [2.75, 3.05) is 5.73 Å². The van der Waals surface area contributed by atoms with E-state index in [2.05, 4.69) is 10.1 Å². The first-order valence-electron chi connectivity index (χ1n) is 4.92. The Balaban J connectivity index is 2.58. The molecule has 3 N–H and O–H groups in total. The lowest BCUT2D eigenvalue weighted by Gasteiger charge is -2.00. The number of carboxylic acid groups (broad SMARTS) is 1. The van der Waals surface area contributed by atoms with Gasteiger partial charge in [0.15, 0.2) is 5.82 Å². The number of halogens is 3. The fourth-order valence-corrected chi connectivity index (χ4v) is 1.38. The van der Waals surface area contributed by atoms with E-state index in [1.807, 2.05) is 0 Å². The Hall–Kier alpha value is -2.58. The summed E-state index contributed by atoms with van der Waals surface area (Å²) in [6.45, 7) is 0. The Labute approximate surface area is 104 Å². The summed E-state index contributed by atoms with van der Waals surface area (Å²) >= 11 is 0. The second-order valence-corrected chi connectivity index (χ2v) is 3.57. The van der Waals surface area contributed by atoms with Crippen molar-refractivity contribution >= 4 is 11.8 Å². The third-order valence-corrected chi connectivity index (χ3v) is 2.21. The van der Waals surface area contributed by atoms with Gasteiger partial charge in [0.2, 0.25) is 0 Å². The number of rotatable bonds is 1. The number of anilines is 1. The Kier molecular flexibility index (Phi) is 2.89. The van der Waals surface area contributed by atoms with Crippen LogP contribution in [0.3, 0.4) is 0 Å². The van der Waals surface area contributed by atoms with E-state index < -0.39 is 23.9 Å². The Morgan fingerprint density at radius 1 is 1.26 bits per heavy atom. The summed E-state index contributed by atoms with van der Waals surface area (Å²) in [5.41, 5.74) is 5.99. The molecule has 1 aromatic carbocycles. The van der Waals surface area contributed by atoms with Crippen LogP contribution in [0.1, 0.15) is 5.82 Å². The summed E-state index contributed by atoms with van der Waals surface area (Å²) in [4.78, 5) is 14.1. The van der Waals surface area contributed by atoms with Gasteiger partial charge in [0, 0.05) is 11.3 Å². The first kappa shape index (κ1) is 12.9. The van der Waals surface area contributed by atoms with Crippen LogP contribution in [0.2, 0.25) is 0 Å². The highest BCUT2D eigenvalue weighted by Crippen LogP contribution is 2.29. The number of hydrogen-bond donors (Lipinski definition) is 2. The van der Waals surface area contributed by atoms with Crippen LogP contribution in [0, 0.1) is 0 Å². The summed E-state index contributed by atoms with van der Waals surface area (Å²) in [6.07, 6.45) is -6.47. The van der Waals surface area contributed by atoms with E-state index in [4.69, 9.17) is 10.8 Å². The monoisotopic (exact) mass is 272 g/mol. The molecule has 0 saturated carbocycles. The highest BCUT2D eigenvalue weighted by molar-refractivity contribution is 5.74. The molecule has 1 heterocycles.